The summed E-state index contributed by atoms with van der Waals surface area (Å²) in [7, 11) is 0. The maximum Gasteiger partial charge on any atom is 0.0503 e. The van der Waals surface area contributed by atoms with Crippen LogP contribution in [-0.2, 0) is 6.42 Å². The third kappa shape index (κ3) is 6.93. The third-order valence-electron chi connectivity index (χ3n) is 6.59. The molecule has 0 aliphatic carbocycles. The first-order valence-electron chi connectivity index (χ1n) is 12.0. The van der Waals surface area contributed by atoms with Gasteiger partial charge in [-0.1, -0.05) is 91.0 Å². The van der Waals surface area contributed by atoms with Crippen LogP contribution < -0.4 is 0 Å². The predicted octanol–water partition coefficient (Wildman–Crippen LogP) is 6.07. The number of benzene rings is 3. The summed E-state index contributed by atoms with van der Waals surface area (Å²) in [5, 5.41) is 0.182. The second kappa shape index (κ2) is 12.2. The van der Waals surface area contributed by atoms with Crippen molar-refractivity contribution in [1.29, 1.82) is 0 Å². The Kier molecular flexibility index (Phi) is 8.79. The van der Waals surface area contributed by atoms with Crippen LogP contribution in [0, 0.1) is 0 Å². The van der Waals surface area contributed by atoms with Crippen molar-refractivity contribution in [3.8, 4) is 0 Å². The number of alkyl halides is 1. The summed E-state index contributed by atoms with van der Waals surface area (Å²) in [5.41, 5.74) is 4.18. The van der Waals surface area contributed by atoms with Crippen LogP contribution in [0.15, 0.2) is 91.0 Å². The Labute approximate surface area is 198 Å². The van der Waals surface area contributed by atoms with Crippen LogP contribution in [0.5, 0.6) is 0 Å². The Bertz CT molecular complexity index is 853. The van der Waals surface area contributed by atoms with Crippen LogP contribution in [0.1, 0.15) is 35.4 Å². The van der Waals surface area contributed by atoms with E-state index in [0.29, 0.717) is 5.92 Å². The molecule has 1 unspecified atom stereocenters. The number of halogens is 1. The lowest BCUT2D eigenvalue weighted by Gasteiger charge is -2.35. The van der Waals surface area contributed by atoms with E-state index in [1.807, 2.05) is 0 Å². The highest BCUT2D eigenvalue weighted by atomic mass is 35.5. The Morgan fingerprint density at radius 3 is 1.72 bits per heavy atom. The fourth-order valence-corrected chi connectivity index (χ4v) is 5.20. The van der Waals surface area contributed by atoms with Gasteiger partial charge in [0, 0.05) is 38.6 Å². The molecular weight excluding hydrogens is 412 g/mol. The van der Waals surface area contributed by atoms with E-state index < -0.39 is 0 Å². The third-order valence-corrected chi connectivity index (χ3v) is 6.88. The van der Waals surface area contributed by atoms with E-state index in [1.165, 1.54) is 36.1 Å². The zero-order valence-electron chi connectivity index (χ0n) is 19.0. The van der Waals surface area contributed by atoms with E-state index in [9.17, 15) is 0 Å². The van der Waals surface area contributed by atoms with E-state index in [1.54, 1.807) is 0 Å². The highest BCUT2D eigenvalue weighted by Crippen LogP contribution is 2.29. The number of nitrogens with zero attached hydrogens (tertiary/aromatic N) is 2. The van der Waals surface area contributed by atoms with Gasteiger partial charge in [-0.15, -0.1) is 11.6 Å². The standard InChI is InChI=1S/C29H35ClN2/c30-28(23-25-11-4-1-5-12-25)24-32-21-19-31(20-22-32)18-10-17-29(26-13-6-2-7-14-26)27-15-8-3-9-16-27/h1-9,11-16,28-29H,10,17-24H2. The number of piperazine rings is 1. The Balaban J connectivity index is 1.21. The first-order chi connectivity index (χ1) is 15.8. The molecule has 4 rings (SSSR count). The van der Waals surface area contributed by atoms with Crippen molar-refractivity contribution in [3.05, 3.63) is 108 Å². The normalized spacial score (nSPS) is 16.3. The number of hydrogen-bond donors (Lipinski definition) is 0. The van der Waals surface area contributed by atoms with Crippen molar-refractivity contribution < 1.29 is 0 Å². The Hall–Kier alpha value is -2.13. The lowest BCUT2D eigenvalue weighted by atomic mass is 9.87. The predicted molar refractivity (Wildman–Crippen MR) is 137 cm³/mol. The fraction of sp³-hybridized carbons (Fsp3) is 0.379. The molecule has 0 bridgehead atoms. The summed E-state index contributed by atoms with van der Waals surface area (Å²) >= 11 is 6.66. The fourth-order valence-electron chi connectivity index (χ4n) is 4.83. The van der Waals surface area contributed by atoms with Gasteiger partial charge in [0.1, 0.15) is 0 Å². The molecule has 1 aliphatic rings. The molecule has 1 atom stereocenters. The molecule has 1 fully saturated rings. The second-order valence-corrected chi connectivity index (χ2v) is 9.56. The van der Waals surface area contributed by atoms with E-state index in [4.69, 9.17) is 11.6 Å². The number of rotatable bonds is 10. The van der Waals surface area contributed by atoms with Gasteiger partial charge < -0.3 is 4.90 Å². The first kappa shape index (κ1) is 23.0. The maximum absolute atomic E-state index is 6.66. The van der Waals surface area contributed by atoms with Gasteiger partial charge in [0.25, 0.3) is 0 Å². The molecule has 0 N–H and O–H groups in total. The summed E-state index contributed by atoms with van der Waals surface area (Å²) in [5.74, 6) is 0.480. The molecule has 0 aromatic heterocycles. The minimum atomic E-state index is 0.182. The summed E-state index contributed by atoms with van der Waals surface area (Å²) in [4.78, 5) is 5.16. The van der Waals surface area contributed by atoms with Crippen molar-refractivity contribution in [2.45, 2.75) is 30.6 Å². The van der Waals surface area contributed by atoms with Crippen LogP contribution in [0.4, 0.5) is 0 Å². The van der Waals surface area contributed by atoms with Gasteiger partial charge in [0.15, 0.2) is 0 Å². The van der Waals surface area contributed by atoms with Gasteiger partial charge in [-0.3, -0.25) is 4.90 Å². The van der Waals surface area contributed by atoms with E-state index >= 15 is 0 Å². The monoisotopic (exact) mass is 446 g/mol. The average molecular weight is 447 g/mol. The zero-order valence-corrected chi connectivity index (χ0v) is 19.7. The summed E-state index contributed by atoms with van der Waals surface area (Å²) in [6.45, 7) is 6.71. The smallest absolute Gasteiger partial charge is 0.0503 e. The molecule has 0 amide bonds. The lowest BCUT2D eigenvalue weighted by Crippen LogP contribution is -2.48. The largest absolute Gasteiger partial charge is 0.301 e. The molecular formula is C29H35ClN2. The minimum Gasteiger partial charge on any atom is -0.301 e. The summed E-state index contributed by atoms with van der Waals surface area (Å²) in [6.07, 6.45) is 3.36. The van der Waals surface area contributed by atoms with E-state index in [-0.39, 0.29) is 5.38 Å². The van der Waals surface area contributed by atoms with Crippen molar-refractivity contribution in [2.75, 3.05) is 39.3 Å². The Morgan fingerprint density at radius 2 is 1.16 bits per heavy atom. The topological polar surface area (TPSA) is 6.48 Å². The molecule has 1 saturated heterocycles. The molecule has 1 heterocycles. The molecule has 0 spiro atoms. The van der Waals surface area contributed by atoms with Gasteiger partial charge in [0.05, 0.1) is 5.38 Å². The maximum atomic E-state index is 6.66. The van der Waals surface area contributed by atoms with Crippen molar-refractivity contribution >= 4 is 11.6 Å². The molecule has 3 heteroatoms. The average Bonchev–Trinajstić information content (AvgIpc) is 2.84. The highest BCUT2D eigenvalue weighted by molar-refractivity contribution is 6.20. The molecule has 1 aliphatic heterocycles. The van der Waals surface area contributed by atoms with Crippen molar-refractivity contribution in [2.24, 2.45) is 0 Å². The van der Waals surface area contributed by atoms with Gasteiger partial charge in [0.2, 0.25) is 0 Å². The Morgan fingerprint density at radius 1 is 0.656 bits per heavy atom. The zero-order chi connectivity index (χ0) is 22.0. The van der Waals surface area contributed by atoms with Gasteiger partial charge >= 0.3 is 0 Å². The molecule has 168 valence electrons. The summed E-state index contributed by atoms with van der Waals surface area (Å²) < 4.78 is 0. The van der Waals surface area contributed by atoms with Gasteiger partial charge in [-0.25, -0.2) is 0 Å². The SMILES string of the molecule is ClC(Cc1ccccc1)CN1CCN(CCCC(c2ccccc2)c2ccccc2)CC1. The first-order valence-corrected chi connectivity index (χ1v) is 12.4. The molecule has 32 heavy (non-hydrogen) atoms. The van der Waals surface area contributed by atoms with Crippen LogP contribution >= 0.6 is 11.6 Å². The van der Waals surface area contributed by atoms with Crippen LogP contribution in [-0.4, -0.2) is 54.4 Å². The summed E-state index contributed by atoms with van der Waals surface area (Å²) in [6, 6.07) is 32.5. The van der Waals surface area contributed by atoms with E-state index in [2.05, 4.69) is 101 Å². The van der Waals surface area contributed by atoms with Crippen molar-refractivity contribution in [3.63, 3.8) is 0 Å². The molecule has 2 nitrogen and oxygen atoms in total. The highest BCUT2D eigenvalue weighted by Gasteiger charge is 2.20. The van der Waals surface area contributed by atoms with Gasteiger partial charge in [-0.2, -0.15) is 0 Å². The second-order valence-electron chi connectivity index (χ2n) is 8.95. The molecule has 3 aromatic rings. The van der Waals surface area contributed by atoms with E-state index in [0.717, 1.165) is 39.1 Å². The minimum absolute atomic E-state index is 0.182. The van der Waals surface area contributed by atoms with Crippen LogP contribution in [0.2, 0.25) is 0 Å². The lowest BCUT2D eigenvalue weighted by molar-refractivity contribution is 0.130. The van der Waals surface area contributed by atoms with Crippen LogP contribution in [0.3, 0.4) is 0 Å². The molecule has 0 saturated carbocycles. The van der Waals surface area contributed by atoms with Crippen molar-refractivity contribution in [1.82, 2.24) is 9.80 Å². The molecule has 0 radical (unpaired) electrons. The number of hydrogen-bond acceptors (Lipinski definition) is 2. The molecule has 3 aromatic carbocycles. The van der Waals surface area contributed by atoms with Gasteiger partial charge in [-0.05, 0) is 42.5 Å². The quantitative estimate of drug-likeness (QED) is 0.349. The van der Waals surface area contributed by atoms with Crippen LogP contribution in [0.25, 0.3) is 0 Å².